The van der Waals surface area contributed by atoms with Crippen molar-refractivity contribution in [1.82, 2.24) is 80.9 Å². The molecule has 0 bridgehead atoms. The van der Waals surface area contributed by atoms with Gasteiger partial charge in [0.25, 0.3) is 0 Å². The van der Waals surface area contributed by atoms with E-state index in [1.807, 2.05) is 42.3 Å². The summed E-state index contributed by atoms with van der Waals surface area (Å²) < 4.78 is 0. The van der Waals surface area contributed by atoms with E-state index in [0.29, 0.717) is 156 Å². The zero-order valence-corrected chi connectivity index (χ0v) is 50.4. The van der Waals surface area contributed by atoms with Gasteiger partial charge in [0, 0.05) is 196 Å². The zero-order chi connectivity index (χ0) is 56.9. The minimum atomic E-state index is -0.0321. The van der Waals surface area contributed by atoms with Crippen molar-refractivity contribution < 1.29 is 28.8 Å². The van der Waals surface area contributed by atoms with Crippen molar-refractivity contribution in [1.29, 1.82) is 0 Å². The van der Waals surface area contributed by atoms with Crippen molar-refractivity contribution in [3.8, 4) is 0 Å². The summed E-state index contributed by atoms with van der Waals surface area (Å²) in [4.78, 5) is 101. The number of rotatable bonds is 51. The monoisotopic (exact) mass is 1080 g/mol. The van der Waals surface area contributed by atoms with Gasteiger partial charge in [-0.25, -0.2) is 0 Å². The van der Waals surface area contributed by atoms with Crippen LogP contribution in [0.25, 0.3) is 0 Å². The summed E-state index contributed by atoms with van der Waals surface area (Å²) in [6.07, 6.45) is 1.76. The average Bonchev–Trinajstić information content (AvgIpc) is 3.41. The molecule has 0 aliphatic heterocycles. The molecular weight excluding hydrogens is 969 g/mol. The number of hydrogen-bond donors (Lipinski definition) is 6. The van der Waals surface area contributed by atoms with Gasteiger partial charge in [0.15, 0.2) is 0 Å². The molecule has 76 heavy (non-hydrogen) atoms. The molecule has 6 amide bonds. The van der Waals surface area contributed by atoms with Gasteiger partial charge >= 0.3 is 0 Å². The highest BCUT2D eigenvalue weighted by atomic mass is 16.2. The Balaban J connectivity index is 6.70. The minimum Gasteiger partial charge on any atom is -0.355 e. The number of likely N-dealkylation sites (N-methyl/N-ethyl adjacent to an activating group) is 6. The van der Waals surface area contributed by atoms with E-state index in [1.54, 1.807) is 0 Å². The van der Waals surface area contributed by atoms with Crippen LogP contribution in [0.15, 0.2) is 0 Å². The predicted octanol–water partition coefficient (Wildman–Crippen LogP) is -1.06. The molecule has 0 aliphatic rings. The lowest BCUT2D eigenvalue weighted by atomic mass is 10.2. The first-order chi connectivity index (χ1) is 36.4. The quantitative estimate of drug-likeness (QED) is 0.0430. The first-order valence-corrected chi connectivity index (χ1v) is 29.0. The molecule has 0 atom stereocenters. The van der Waals surface area contributed by atoms with Crippen LogP contribution in [-0.2, 0) is 28.8 Å². The zero-order valence-electron chi connectivity index (χ0n) is 50.4. The van der Waals surface area contributed by atoms with Crippen LogP contribution in [-0.4, -0.2) is 323 Å². The molecule has 0 aliphatic carbocycles. The largest absolute Gasteiger partial charge is 0.355 e. The van der Waals surface area contributed by atoms with E-state index in [2.05, 4.69) is 122 Å². The third-order valence-corrected chi connectivity index (χ3v) is 14.3. The van der Waals surface area contributed by atoms with E-state index < -0.39 is 0 Å². The Morgan fingerprint density at radius 3 is 0.487 bits per heavy atom. The second-order valence-corrected chi connectivity index (χ2v) is 20.3. The fraction of sp³-hybridized carbons (Fsp3) is 0.889. The molecule has 0 spiro atoms. The lowest BCUT2D eigenvalue weighted by Gasteiger charge is -2.32. The highest BCUT2D eigenvalue weighted by molar-refractivity contribution is 5.78. The predicted molar refractivity (Wildman–Crippen MR) is 311 cm³/mol. The summed E-state index contributed by atoms with van der Waals surface area (Å²) >= 11 is 0. The van der Waals surface area contributed by atoms with Crippen LogP contribution < -0.4 is 31.9 Å². The molecule has 0 aromatic heterocycles. The molecular formula is C54H114N16O6. The highest BCUT2D eigenvalue weighted by Gasteiger charge is 2.19. The third-order valence-electron chi connectivity index (χ3n) is 14.3. The summed E-state index contributed by atoms with van der Waals surface area (Å²) in [5.41, 5.74) is 0. The number of nitrogens with one attached hydrogen (secondary N) is 6. The van der Waals surface area contributed by atoms with Gasteiger partial charge in [-0.15, -0.1) is 0 Å². The number of carbonyl (C=O) groups excluding carboxylic acids is 6. The Bertz CT molecular complexity index is 1250. The smallest absolute Gasteiger partial charge is 0.221 e. The number of hydrogen-bond acceptors (Lipinski definition) is 16. The maximum atomic E-state index is 13.1. The van der Waals surface area contributed by atoms with E-state index in [1.165, 1.54) is 0 Å². The second kappa shape index (κ2) is 47.4. The number of amides is 6. The van der Waals surface area contributed by atoms with E-state index in [4.69, 9.17) is 0 Å². The summed E-state index contributed by atoms with van der Waals surface area (Å²) in [6.45, 7) is 32.2. The Labute approximate surface area is 462 Å². The van der Waals surface area contributed by atoms with Crippen LogP contribution in [0.2, 0.25) is 0 Å². The molecule has 446 valence electrons. The molecule has 0 saturated heterocycles. The number of nitrogens with zero attached hydrogens (tertiary/aromatic N) is 10. The lowest BCUT2D eigenvalue weighted by Crippen LogP contribution is -2.46. The first kappa shape index (κ1) is 72.4. The van der Waals surface area contributed by atoms with E-state index in [-0.39, 0.29) is 35.4 Å². The SMILES string of the molecule is CCN(C)CCNC(=O)CCN(CCC(=O)NCCN(C)CC)CCN(CCN(CCC(=O)NCCN(C)CC)CCC(=O)NCCN(C)CC)CCN(CCC(=O)NCCN(C)CC)CCC(=O)NCCN(C)CC. The Hall–Kier alpha value is -3.58. The van der Waals surface area contributed by atoms with E-state index in [9.17, 15) is 28.8 Å². The van der Waals surface area contributed by atoms with E-state index in [0.717, 1.165) is 78.5 Å². The third kappa shape index (κ3) is 42.4. The van der Waals surface area contributed by atoms with Crippen LogP contribution >= 0.6 is 0 Å². The van der Waals surface area contributed by atoms with Crippen LogP contribution in [0.1, 0.15) is 80.1 Å². The van der Waals surface area contributed by atoms with E-state index >= 15 is 0 Å². The summed E-state index contributed by atoms with van der Waals surface area (Å²) in [5, 5.41) is 18.4. The first-order valence-electron chi connectivity index (χ1n) is 29.0. The van der Waals surface area contributed by atoms with Gasteiger partial charge in [-0.1, -0.05) is 41.5 Å². The fourth-order valence-corrected chi connectivity index (χ4v) is 7.54. The molecule has 0 aromatic carbocycles. The van der Waals surface area contributed by atoms with Gasteiger partial charge in [0.05, 0.1) is 0 Å². The molecule has 0 radical (unpaired) electrons. The van der Waals surface area contributed by atoms with Crippen LogP contribution in [0, 0.1) is 0 Å². The Kier molecular flexibility index (Phi) is 45.2. The molecule has 0 rings (SSSR count). The van der Waals surface area contributed by atoms with Gasteiger partial charge in [0.1, 0.15) is 0 Å². The molecule has 0 fully saturated rings. The maximum absolute atomic E-state index is 13.1. The van der Waals surface area contributed by atoms with Crippen molar-refractivity contribution in [3.05, 3.63) is 0 Å². The van der Waals surface area contributed by atoms with Gasteiger partial charge < -0.3 is 76.0 Å². The van der Waals surface area contributed by atoms with Crippen molar-refractivity contribution in [2.24, 2.45) is 0 Å². The van der Waals surface area contributed by atoms with Crippen LogP contribution in [0.5, 0.6) is 0 Å². The molecule has 0 aromatic rings. The molecule has 0 heterocycles. The van der Waals surface area contributed by atoms with Crippen LogP contribution in [0.3, 0.4) is 0 Å². The molecule has 0 unspecified atom stereocenters. The van der Waals surface area contributed by atoms with Crippen molar-refractivity contribution >= 4 is 35.4 Å². The normalized spacial score (nSPS) is 11.9. The topological polar surface area (TPSA) is 207 Å². The maximum Gasteiger partial charge on any atom is 0.221 e. The van der Waals surface area contributed by atoms with Crippen LogP contribution in [0.4, 0.5) is 0 Å². The Morgan fingerprint density at radius 2 is 0.355 bits per heavy atom. The van der Waals surface area contributed by atoms with Crippen molar-refractivity contribution in [2.75, 3.05) is 239 Å². The lowest BCUT2D eigenvalue weighted by molar-refractivity contribution is -0.123. The fourth-order valence-electron chi connectivity index (χ4n) is 7.54. The summed E-state index contributed by atoms with van der Waals surface area (Å²) in [6, 6.07) is 0. The Morgan fingerprint density at radius 1 is 0.224 bits per heavy atom. The van der Waals surface area contributed by atoms with Gasteiger partial charge in [-0.2, -0.15) is 0 Å². The molecule has 22 nitrogen and oxygen atoms in total. The molecule has 22 heteroatoms. The molecule has 0 saturated carbocycles. The average molecular weight is 1080 g/mol. The standard InChI is InChI=1S/C54H114N16O6/c1-13-61(7)37-25-55-49(71)19-31-67(32-20-50(72)56-26-38-62(8)14-2)43-46-70(47-44-68(33-21-51(73)57-27-39-63(9)15-3)34-22-52(74)58-28-40-64(10)16-4)48-45-69(35-23-53(75)59-29-41-65(11)17-5)36-24-54(76)60-30-42-66(12)18-6/h13-48H2,1-12H3,(H,55,71)(H,56,72)(H,57,73)(H,58,74)(H,59,75)(H,60,76). The molecule has 6 N–H and O–H groups in total. The summed E-state index contributed by atoms with van der Waals surface area (Å²) in [5.74, 6) is -0.192. The van der Waals surface area contributed by atoms with Crippen molar-refractivity contribution in [2.45, 2.75) is 80.1 Å². The number of carbonyl (C=O) groups is 6. The summed E-state index contributed by atoms with van der Waals surface area (Å²) in [7, 11) is 12.1. The van der Waals surface area contributed by atoms with Crippen molar-refractivity contribution in [3.63, 3.8) is 0 Å². The van der Waals surface area contributed by atoms with Gasteiger partial charge in [0.2, 0.25) is 35.4 Å². The minimum absolute atomic E-state index is 0.0321. The highest BCUT2D eigenvalue weighted by Crippen LogP contribution is 2.04. The van der Waals surface area contributed by atoms with Gasteiger partial charge in [-0.05, 0) is 81.6 Å². The second-order valence-electron chi connectivity index (χ2n) is 20.3. The van der Waals surface area contributed by atoms with Gasteiger partial charge in [-0.3, -0.25) is 33.7 Å².